The number of halogens is 2. The molecule has 3 heterocycles. The molecule has 3 aromatic rings. The van der Waals surface area contributed by atoms with Crippen LogP contribution in [0.1, 0.15) is 61.8 Å². The number of hydrogen-bond acceptors (Lipinski definition) is 6. The van der Waals surface area contributed by atoms with Crippen LogP contribution in [-0.4, -0.2) is 52.0 Å². The van der Waals surface area contributed by atoms with Gasteiger partial charge in [0.05, 0.1) is 17.7 Å². The van der Waals surface area contributed by atoms with Crippen molar-refractivity contribution in [1.29, 1.82) is 0 Å². The third-order valence-electron chi connectivity index (χ3n) is 8.01. The fourth-order valence-electron chi connectivity index (χ4n) is 5.86. The van der Waals surface area contributed by atoms with Gasteiger partial charge >= 0.3 is 0 Å². The van der Waals surface area contributed by atoms with Gasteiger partial charge in [-0.2, -0.15) is 0 Å². The number of piperidine rings is 1. The normalized spacial score (nSPS) is 24.3. The van der Waals surface area contributed by atoms with E-state index < -0.39 is 29.5 Å². The first-order valence-corrected chi connectivity index (χ1v) is 13.5. The van der Waals surface area contributed by atoms with Crippen LogP contribution in [0.4, 0.5) is 8.78 Å². The molecule has 5 rings (SSSR count). The Morgan fingerprint density at radius 2 is 1.97 bits per heavy atom. The zero-order valence-corrected chi connectivity index (χ0v) is 22.1. The molecule has 1 aromatic carbocycles. The molecule has 8 nitrogen and oxygen atoms in total. The lowest BCUT2D eigenvalue weighted by atomic mass is 9.88. The molecule has 2 aromatic heterocycles. The SMILES string of the molecule is CC1CCCC1N1CC[C@@H](NC(=O)c2cc(-c3ccc(F)cc3F)no2)[C@H](C(=O)N[C@H](C)c2ccccn2)C1. The molecule has 206 valence electrons. The summed E-state index contributed by atoms with van der Waals surface area (Å²) in [4.78, 5) is 33.5. The molecule has 2 amide bonds. The molecule has 0 radical (unpaired) electrons. The molecular formula is C29H33F2N5O3. The summed E-state index contributed by atoms with van der Waals surface area (Å²) in [5.41, 5.74) is 0.867. The Kier molecular flexibility index (Phi) is 8.02. The van der Waals surface area contributed by atoms with E-state index in [1.807, 2.05) is 25.1 Å². The third-order valence-corrected chi connectivity index (χ3v) is 8.01. The van der Waals surface area contributed by atoms with Crippen molar-refractivity contribution in [2.24, 2.45) is 11.8 Å². The van der Waals surface area contributed by atoms with Gasteiger partial charge in [-0.1, -0.05) is 24.6 Å². The van der Waals surface area contributed by atoms with Crippen LogP contribution in [0.5, 0.6) is 0 Å². The summed E-state index contributed by atoms with van der Waals surface area (Å²) >= 11 is 0. The summed E-state index contributed by atoms with van der Waals surface area (Å²) in [6.45, 7) is 5.44. The second kappa shape index (κ2) is 11.6. The first-order valence-electron chi connectivity index (χ1n) is 13.5. The van der Waals surface area contributed by atoms with E-state index in [0.717, 1.165) is 30.8 Å². The van der Waals surface area contributed by atoms with E-state index in [1.54, 1.807) is 6.20 Å². The molecule has 2 aliphatic rings. The Bertz CT molecular complexity index is 1320. The molecule has 1 aliphatic carbocycles. The van der Waals surface area contributed by atoms with Crippen molar-refractivity contribution < 1.29 is 22.9 Å². The second-order valence-electron chi connectivity index (χ2n) is 10.6. The van der Waals surface area contributed by atoms with Crippen LogP contribution in [0, 0.1) is 23.5 Å². The second-order valence-corrected chi connectivity index (χ2v) is 10.6. The van der Waals surface area contributed by atoms with Gasteiger partial charge in [0.2, 0.25) is 11.7 Å². The molecule has 0 bridgehead atoms. The highest BCUT2D eigenvalue weighted by Gasteiger charge is 2.40. The van der Waals surface area contributed by atoms with E-state index in [1.165, 1.54) is 25.0 Å². The average Bonchev–Trinajstić information content (AvgIpc) is 3.59. The van der Waals surface area contributed by atoms with Gasteiger partial charge in [0, 0.05) is 49.1 Å². The van der Waals surface area contributed by atoms with E-state index >= 15 is 0 Å². The van der Waals surface area contributed by atoms with Crippen LogP contribution < -0.4 is 10.6 Å². The van der Waals surface area contributed by atoms with Gasteiger partial charge in [0.15, 0.2) is 0 Å². The van der Waals surface area contributed by atoms with Crippen LogP contribution in [0.25, 0.3) is 11.3 Å². The quantitative estimate of drug-likeness (QED) is 0.460. The maximum atomic E-state index is 14.2. The summed E-state index contributed by atoms with van der Waals surface area (Å²) in [6, 6.07) is 9.68. The highest BCUT2D eigenvalue weighted by Crippen LogP contribution is 2.33. The van der Waals surface area contributed by atoms with Crippen molar-refractivity contribution in [3.05, 3.63) is 71.8 Å². The highest BCUT2D eigenvalue weighted by atomic mass is 19.1. The number of likely N-dealkylation sites (tertiary alicyclic amines) is 1. The molecule has 1 saturated carbocycles. The molecule has 1 aliphatic heterocycles. The van der Waals surface area contributed by atoms with Crippen molar-refractivity contribution in [1.82, 2.24) is 25.7 Å². The lowest BCUT2D eigenvalue weighted by Gasteiger charge is -2.42. The molecule has 1 saturated heterocycles. The minimum atomic E-state index is -0.803. The molecule has 10 heteroatoms. The Hall–Kier alpha value is -3.66. The fourth-order valence-corrected chi connectivity index (χ4v) is 5.86. The number of nitrogens with one attached hydrogen (secondary N) is 2. The van der Waals surface area contributed by atoms with Crippen LogP contribution in [-0.2, 0) is 4.79 Å². The first-order chi connectivity index (χ1) is 18.8. The van der Waals surface area contributed by atoms with E-state index in [4.69, 9.17) is 4.52 Å². The van der Waals surface area contributed by atoms with Crippen molar-refractivity contribution in [2.45, 2.75) is 57.7 Å². The number of pyridine rings is 1. The predicted molar refractivity (Wildman–Crippen MR) is 140 cm³/mol. The van der Waals surface area contributed by atoms with Gasteiger partial charge in [-0.05, 0) is 56.4 Å². The maximum Gasteiger partial charge on any atom is 0.290 e. The van der Waals surface area contributed by atoms with Crippen molar-refractivity contribution in [3.8, 4) is 11.3 Å². The smallest absolute Gasteiger partial charge is 0.290 e. The maximum absolute atomic E-state index is 14.2. The minimum absolute atomic E-state index is 0.0268. The number of amides is 2. The number of hydrogen-bond donors (Lipinski definition) is 2. The number of carbonyl (C=O) groups is 2. The monoisotopic (exact) mass is 537 g/mol. The van der Waals surface area contributed by atoms with Crippen molar-refractivity contribution >= 4 is 11.8 Å². The minimum Gasteiger partial charge on any atom is -0.350 e. The number of carbonyl (C=O) groups excluding carboxylic acids is 2. The largest absolute Gasteiger partial charge is 0.350 e. The highest BCUT2D eigenvalue weighted by molar-refractivity contribution is 5.93. The molecule has 39 heavy (non-hydrogen) atoms. The van der Waals surface area contributed by atoms with Crippen LogP contribution in [0.2, 0.25) is 0 Å². The summed E-state index contributed by atoms with van der Waals surface area (Å²) in [6.07, 6.45) is 5.75. The molecule has 0 spiro atoms. The van der Waals surface area contributed by atoms with Gasteiger partial charge in [-0.3, -0.25) is 19.5 Å². The molecular weight excluding hydrogens is 504 g/mol. The summed E-state index contributed by atoms with van der Waals surface area (Å²) in [7, 11) is 0. The van der Waals surface area contributed by atoms with E-state index in [9.17, 15) is 18.4 Å². The van der Waals surface area contributed by atoms with Crippen LogP contribution >= 0.6 is 0 Å². The molecule has 2 N–H and O–H groups in total. The Balaban J connectivity index is 1.32. The molecule has 2 fully saturated rings. The van der Waals surface area contributed by atoms with Crippen LogP contribution in [0.3, 0.4) is 0 Å². The lowest BCUT2D eigenvalue weighted by Crippen LogP contribution is -2.58. The average molecular weight is 538 g/mol. The zero-order chi connectivity index (χ0) is 27.5. The van der Waals surface area contributed by atoms with E-state index in [0.29, 0.717) is 24.9 Å². The van der Waals surface area contributed by atoms with Gasteiger partial charge in [0.25, 0.3) is 5.91 Å². The third kappa shape index (κ3) is 6.00. The number of benzene rings is 1. The number of aromatic nitrogens is 2. The van der Waals surface area contributed by atoms with Gasteiger partial charge in [-0.15, -0.1) is 0 Å². The van der Waals surface area contributed by atoms with Gasteiger partial charge in [0.1, 0.15) is 17.3 Å². The lowest BCUT2D eigenvalue weighted by molar-refractivity contribution is -0.128. The topological polar surface area (TPSA) is 100 Å². The summed E-state index contributed by atoms with van der Waals surface area (Å²) in [5, 5.41) is 9.84. The van der Waals surface area contributed by atoms with E-state index in [-0.39, 0.29) is 29.0 Å². The number of rotatable bonds is 7. The Morgan fingerprint density at radius 1 is 1.13 bits per heavy atom. The first kappa shape index (κ1) is 26.9. The van der Waals surface area contributed by atoms with Crippen molar-refractivity contribution in [2.75, 3.05) is 13.1 Å². The molecule has 2 unspecified atom stereocenters. The fraction of sp³-hybridized carbons (Fsp3) is 0.448. The predicted octanol–water partition coefficient (Wildman–Crippen LogP) is 4.50. The molecule has 5 atom stereocenters. The summed E-state index contributed by atoms with van der Waals surface area (Å²) in [5.74, 6) is -2.24. The van der Waals surface area contributed by atoms with Crippen LogP contribution in [0.15, 0.2) is 53.2 Å². The van der Waals surface area contributed by atoms with E-state index in [2.05, 4.69) is 32.6 Å². The van der Waals surface area contributed by atoms with Crippen molar-refractivity contribution in [3.63, 3.8) is 0 Å². The standard InChI is InChI=1S/C29H33F2N5O3/c1-17-6-5-8-26(17)36-13-11-24(21(16-36)28(37)33-18(2)23-7-3-4-12-32-23)34-29(38)27-15-25(35-39-27)20-10-9-19(30)14-22(20)31/h3-4,7,9-10,12,14-15,17-18,21,24,26H,5-6,8,11,13,16H2,1-2H3,(H,33,37)(H,34,38)/t17?,18-,21-,24-,26?/m1/s1. The van der Waals surface area contributed by atoms with Gasteiger partial charge in [-0.25, -0.2) is 8.78 Å². The Labute approximate surface area is 226 Å². The zero-order valence-electron chi connectivity index (χ0n) is 22.1. The summed E-state index contributed by atoms with van der Waals surface area (Å²) < 4.78 is 32.7. The Morgan fingerprint density at radius 3 is 2.69 bits per heavy atom. The number of nitrogens with zero attached hydrogens (tertiary/aromatic N) is 3. The van der Waals surface area contributed by atoms with Gasteiger partial charge < -0.3 is 15.2 Å².